The van der Waals surface area contributed by atoms with Crippen molar-refractivity contribution in [2.45, 2.75) is 25.7 Å². The zero-order chi connectivity index (χ0) is 17.8. The Labute approximate surface area is 153 Å². The number of piperidine rings is 1. The summed E-state index contributed by atoms with van der Waals surface area (Å²) in [4.78, 5) is 5.57. The Balaban J connectivity index is 1.57. The third-order valence-electron chi connectivity index (χ3n) is 5.13. The van der Waals surface area contributed by atoms with E-state index in [0.717, 1.165) is 42.0 Å². The largest absolute Gasteiger partial charge is 0.317 e. The highest BCUT2D eigenvalue weighted by Gasteiger charge is 2.21. The Morgan fingerprint density at radius 2 is 2.04 bits per heavy atom. The van der Waals surface area contributed by atoms with Crippen LogP contribution in [0.15, 0.2) is 18.5 Å². The average molecular weight is 370 g/mol. The number of nitrogens with one attached hydrogen (secondary N) is 1. The molecule has 5 rings (SSSR count). The van der Waals surface area contributed by atoms with Gasteiger partial charge in [-0.15, -0.1) is 0 Å². The van der Waals surface area contributed by atoms with Crippen LogP contribution in [0.2, 0.25) is 0 Å². The van der Waals surface area contributed by atoms with Crippen LogP contribution in [0.3, 0.4) is 0 Å². The SMILES string of the molecule is Cc1c(F)c(-c2nn3cc(C4CCNCC4)nc3s2)cc2cn(C)nc12. The zero-order valence-corrected chi connectivity index (χ0v) is 15.5. The predicted octanol–water partition coefficient (Wildman–Crippen LogP) is 3.26. The molecule has 0 aliphatic carbocycles. The number of hydrogen-bond acceptors (Lipinski definition) is 5. The lowest BCUT2D eigenvalue weighted by molar-refractivity contribution is 0.454. The molecular formula is C18H19FN6S. The lowest BCUT2D eigenvalue weighted by Gasteiger charge is -2.20. The minimum absolute atomic E-state index is 0.258. The van der Waals surface area contributed by atoms with Crippen LogP contribution >= 0.6 is 11.3 Å². The summed E-state index contributed by atoms with van der Waals surface area (Å²) in [6, 6.07) is 1.83. The van der Waals surface area contributed by atoms with Gasteiger partial charge < -0.3 is 5.32 Å². The van der Waals surface area contributed by atoms with Crippen molar-refractivity contribution in [2.75, 3.05) is 13.1 Å². The average Bonchev–Trinajstić information content (AvgIpc) is 3.31. The maximum Gasteiger partial charge on any atom is 0.212 e. The van der Waals surface area contributed by atoms with Crippen LogP contribution in [-0.2, 0) is 7.05 Å². The summed E-state index contributed by atoms with van der Waals surface area (Å²) in [6.07, 6.45) is 6.10. The van der Waals surface area contributed by atoms with Gasteiger partial charge in [-0.1, -0.05) is 11.3 Å². The first-order chi connectivity index (χ1) is 12.6. The van der Waals surface area contributed by atoms with Gasteiger partial charge in [0.15, 0.2) is 5.01 Å². The van der Waals surface area contributed by atoms with E-state index in [4.69, 9.17) is 4.98 Å². The lowest BCUT2D eigenvalue weighted by Crippen LogP contribution is -2.26. The van der Waals surface area contributed by atoms with Crippen LogP contribution in [-0.4, -0.2) is 37.5 Å². The lowest BCUT2D eigenvalue weighted by atomic mass is 9.95. The summed E-state index contributed by atoms with van der Waals surface area (Å²) >= 11 is 1.43. The van der Waals surface area contributed by atoms with E-state index in [1.54, 1.807) is 16.1 Å². The second-order valence-electron chi connectivity index (χ2n) is 6.93. The van der Waals surface area contributed by atoms with Crippen LogP contribution in [0.25, 0.3) is 26.4 Å². The van der Waals surface area contributed by atoms with Gasteiger partial charge in [0.1, 0.15) is 5.82 Å². The number of aryl methyl sites for hydroxylation is 2. The predicted molar refractivity (Wildman–Crippen MR) is 100 cm³/mol. The number of halogens is 1. The monoisotopic (exact) mass is 370 g/mol. The Hall–Kier alpha value is -2.32. The molecule has 4 heterocycles. The maximum atomic E-state index is 14.9. The summed E-state index contributed by atoms with van der Waals surface area (Å²) < 4.78 is 18.4. The molecule has 0 unspecified atom stereocenters. The molecule has 0 saturated carbocycles. The van der Waals surface area contributed by atoms with Crippen molar-refractivity contribution in [3.05, 3.63) is 35.5 Å². The summed E-state index contributed by atoms with van der Waals surface area (Å²) in [5.41, 5.74) is 2.86. The second-order valence-corrected chi connectivity index (χ2v) is 7.88. The van der Waals surface area contributed by atoms with Gasteiger partial charge >= 0.3 is 0 Å². The topological polar surface area (TPSA) is 60.0 Å². The highest BCUT2D eigenvalue weighted by molar-refractivity contribution is 7.19. The van der Waals surface area contributed by atoms with Gasteiger partial charge in [0, 0.05) is 35.7 Å². The van der Waals surface area contributed by atoms with E-state index in [-0.39, 0.29) is 5.82 Å². The normalized spacial score (nSPS) is 16.1. The van der Waals surface area contributed by atoms with E-state index < -0.39 is 0 Å². The third kappa shape index (κ3) is 2.44. The molecule has 3 aromatic heterocycles. The van der Waals surface area contributed by atoms with Crippen molar-refractivity contribution in [3.8, 4) is 10.6 Å². The Morgan fingerprint density at radius 3 is 2.81 bits per heavy atom. The van der Waals surface area contributed by atoms with Crippen LogP contribution in [0.4, 0.5) is 4.39 Å². The smallest absolute Gasteiger partial charge is 0.212 e. The number of hydrogen-bond donors (Lipinski definition) is 1. The van der Waals surface area contributed by atoms with Crippen molar-refractivity contribution in [1.82, 2.24) is 29.7 Å². The quantitative estimate of drug-likeness (QED) is 0.588. The molecule has 1 fully saturated rings. The molecule has 134 valence electrons. The Morgan fingerprint density at radius 1 is 1.23 bits per heavy atom. The van der Waals surface area contributed by atoms with Crippen molar-refractivity contribution in [2.24, 2.45) is 7.05 Å². The Bertz CT molecular complexity index is 1090. The second kappa shape index (κ2) is 5.85. The number of imidazole rings is 1. The molecule has 0 spiro atoms. The molecule has 0 amide bonds. The van der Waals surface area contributed by atoms with E-state index in [2.05, 4.69) is 15.5 Å². The van der Waals surface area contributed by atoms with Crippen LogP contribution in [0.5, 0.6) is 0 Å². The molecule has 4 aromatic rings. The van der Waals surface area contributed by atoms with E-state index in [9.17, 15) is 4.39 Å². The first kappa shape index (κ1) is 15.9. The van der Waals surface area contributed by atoms with Crippen molar-refractivity contribution in [1.29, 1.82) is 0 Å². The summed E-state index contributed by atoms with van der Waals surface area (Å²) in [6.45, 7) is 3.83. The standard InChI is InChI=1S/C18H19FN6S/c1-10-15(19)13(7-12-8-24(2)22-16(10)12)17-23-25-9-14(21-18(25)26-17)11-3-5-20-6-4-11/h7-9,11,20H,3-6H2,1-2H3. The van der Waals surface area contributed by atoms with Gasteiger partial charge in [0.05, 0.1) is 17.4 Å². The van der Waals surface area contributed by atoms with Crippen LogP contribution in [0, 0.1) is 12.7 Å². The Kier molecular flexibility index (Phi) is 3.58. The molecule has 0 radical (unpaired) electrons. The number of aromatic nitrogens is 5. The molecule has 1 N–H and O–H groups in total. The van der Waals surface area contributed by atoms with E-state index >= 15 is 0 Å². The molecule has 26 heavy (non-hydrogen) atoms. The fraction of sp³-hybridized carbons (Fsp3) is 0.389. The van der Waals surface area contributed by atoms with Crippen LogP contribution < -0.4 is 5.32 Å². The number of nitrogens with zero attached hydrogens (tertiary/aromatic N) is 5. The minimum Gasteiger partial charge on any atom is -0.317 e. The molecule has 0 bridgehead atoms. The molecule has 1 aromatic carbocycles. The highest BCUT2D eigenvalue weighted by atomic mass is 32.1. The van der Waals surface area contributed by atoms with E-state index in [0.29, 0.717) is 27.6 Å². The summed E-state index contributed by atoms with van der Waals surface area (Å²) in [5, 5.41) is 13.9. The van der Waals surface area contributed by atoms with Gasteiger partial charge in [0.25, 0.3) is 0 Å². The number of benzene rings is 1. The molecule has 1 aliphatic rings. The highest BCUT2D eigenvalue weighted by Crippen LogP contribution is 2.34. The van der Waals surface area contributed by atoms with Gasteiger partial charge in [-0.25, -0.2) is 13.9 Å². The van der Waals surface area contributed by atoms with Crippen molar-refractivity contribution < 1.29 is 4.39 Å². The fourth-order valence-corrected chi connectivity index (χ4v) is 4.62. The zero-order valence-electron chi connectivity index (χ0n) is 14.7. The molecule has 6 nitrogen and oxygen atoms in total. The van der Waals surface area contributed by atoms with Gasteiger partial charge in [-0.2, -0.15) is 10.2 Å². The first-order valence-electron chi connectivity index (χ1n) is 8.80. The molecule has 0 atom stereocenters. The maximum absolute atomic E-state index is 14.9. The van der Waals surface area contributed by atoms with Gasteiger partial charge in [-0.05, 0) is 38.9 Å². The molecular weight excluding hydrogens is 351 g/mol. The molecule has 1 saturated heterocycles. The third-order valence-corrected chi connectivity index (χ3v) is 6.08. The van der Waals surface area contributed by atoms with Crippen molar-refractivity contribution in [3.63, 3.8) is 0 Å². The molecule has 8 heteroatoms. The van der Waals surface area contributed by atoms with Gasteiger partial charge in [0.2, 0.25) is 4.96 Å². The fourth-order valence-electron chi connectivity index (χ4n) is 3.72. The first-order valence-corrected chi connectivity index (χ1v) is 9.61. The van der Waals surface area contributed by atoms with Gasteiger partial charge in [-0.3, -0.25) is 4.68 Å². The van der Waals surface area contributed by atoms with Crippen LogP contribution in [0.1, 0.15) is 30.0 Å². The van der Waals surface area contributed by atoms with E-state index in [1.807, 2.05) is 25.5 Å². The van der Waals surface area contributed by atoms with Crippen molar-refractivity contribution >= 4 is 27.2 Å². The summed E-state index contributed by atoms with van der Waals surface area (Å²) in [7, 11) is 1.84. The number of fused-ring (bicyclic) bond motifs is 2. The molecule has 1 aliphatic heterocycles. The minimum atomic E-state index is -0.258. The number of rotatable bonds is 2. The van der Waals surface area contributed by atoms with E-state index in [1.165, 1.54) is 11.3 Å². The summed E-state index contributed by atoms with van der Waals surface area (Å²) in [5.74, 6) is 0.228.